The first-order valence-electron chi connectivity index (χ1n) is 11.4. The van der Waals surface area contributed by atoms with Gasteiger partial charge in [-0.15, -0.1) is 0 Å². The standard InChI is InChI=1S/C26H34O2Si/c1-26(2,3)29(19-10-6-4-7-11-19,20-12-8-5-9-13-20)27-18-23-21-14-16-24-25(28-24)17-15-22(21)23/h4-13,21-25H,14-18H2,1-3H3/t21-,22+,23?,24+,25-. The van der Waals surface area contributed by atoms with Crippen LogP contribution in [0.25, 0.3) is 0 Å². The molecule has 0 amide bonds. The Morgan fingerprint density at radius 1 is 0.793 bits per heavy atom. The van der Waals surface area contributed by atoms with Gasteiger partial charge in [0.05, 0.1) is 12.2 Å². The van der Waals surface area contributed by atoms with E-state index in [1.54, 1.807) is 0 Å². The van der Waals surface area contributed by atoms with E-state index in [4.69, 9.17) is 9.16 Å². The number of hydrogen-bond donors (Lipinski definition) is 0. The molecule has 2 saturated carbocycles. The van der Waals surface area contributed by atoms with Crippen molar-refractivity contribution in [3.8, 4) is 0 Å². The molecule has 2 aliphatic carbocycles. The van der Waals surface area contributed by atoms with Crippen molar-refractivity contribution in [1.29, 1.82) is 0 Å². The van der Waals surface area contributed by atoms with Crippen LogP contribution in [0.1, 0.15) is 46.5 Å². The van der Waals surface area contributed by atoms with Crippen molar-refractivity contribution in [3.63, 3.8) is 0 Å². The number of hydrogen-bond acceptors (Lipinski definition) is 2. The zero-order valence-electron chi connectivity index (χ0n) is 18.0. The van der Waals surface area contributed by atoms with Crippen LogP contribution in [0.3, 0.4) is 0 Å². The van der Waals surface area contributed by atoms with Crippen LogP contribution in [0.5, 0.6) is 0 Å². The fraction of sp³-hybridized carbons (Fsp3) is 0.538. The average Bonchev–Trinajstić information content (AvgIpc) is 3.60. The molecule has 0 radical (unpaired) electrons. The van der Waals surface area contributed by atoms with E-state index in [1.165, 1.54) is 36.1 Å². The van der Waals surface area contributed by atoms with Gasteiger partial charge in [-0.05, 0) is 58.8 Å². The Hall–Kier alpha value is -1.42. The molecule has 3 fully saturated rings. The van der Waals surface area contributed by atoms with Gasteiger partial charge < -0.3 is 9.16 Å². The summed E-state index contributed by atoms with van der Waals surface area (Å²) in [7, 11) is -2.39. The number of ether oxygens (including phenoxy) is 1. The van der Waals surface area contributed by atoms with Crippen molar-refractivity contribution in [2.45, 2.75) is 63.7 Å². The number of fused-ring (bicyclic) bond motifs is 2. The summed E-state index contributed by atoms with van der Waals surface area (Å²) in [5.74, 6) is 2.46. The molecule has 29 heavy (non-hydrogen) atoms. The van der Waals surface area contributed by atoms with Crippen LogP contribution in [0.2, 0.25) is 5.04 Å². The average molecular weight is 407 g/mol. The van der Waals surface area contributed by atoms with Crippen LogP contribution in [0.4, 0.5) is 0 Å². The lowest BCUT2D eigenvalue weighted by atomic mass is 10.0. The Morgan fingerprint density at radius 3 is 1.72 bits per heavy atom. The van der Waals surface area contributed by atoms with Gasteiger partial charge in [-0.25, -0.2) is 0 Å². The molecule has 2 aromatic carbocycles. The van der Waals surface area contributed by atoms with E-state index in [9.17, 15) is 0 Å². The van der Waals surface area contributed by atoms with Gasteiger partial charge in [0.1, 0.15) is 0 Å². The molecule has 154 valence electrons. The monoisotopic (exact) mass is 406 g/mol. The van der Waals surface area contributed by atoms with Gasteiger partial charge in [0, 0.05) is 6.61 Å². The number of benzene rings is 2. The van der Waals surface area contributed by atoms with E-state index in [0.29, 0.717) is 12.2 Å². The summed E-state index contributed by atoms with van der Waals surface area (Å²) in [6, 6.07) is 22.1. The molecule has 3 heteroatoms. The second kappa shape index (κ2) is 7.37. The van der Waals surface area contributed by atoms with Crippen molar-refractivity contribution in [2.75, 3.05) is 6.61 Å². The molecule has 1 unspecified atom stereocenters. The predicted octanol–water partition coefficient (Wildman–Crippen LogP) is 4.77. The van der Waals surface area contributed by atoms with Crippen LogP contribution in [-0.2, 0) is 9.16 Å². The maximum absolute atomic E-state index is 7.21. The summed E-state index contributed by atoms with van der Waals surface area (Å²) in [5.41, 5.74) is 0. The maximum Gasteiger partial charge on any atom is 0.261 e. The Kier molecular flexibility index (Phi) is 4.96. The zero-order chi connectivity index (χ0) is 20.1. The third-order valence-corrected chi connectivity index (χ3v) is 12.7. The molecule has 0 N–H and O–H groups in total. The van der Waals surface area contributed by atoms with Crippen molar-refractivity contribution < 1.29 is 9.16 Å². The fourth-order valence-corrected chi connectivity index (χ4v) is 10.6. The minimum atomic E-state index is -2.39. The largest absolute Gasteiger partial charge is 0.407 e. The minimum Gasteiger partial charge on any atom is -0.407 e. The smallest absolute Gasteiger partial charge is 0.261 e. The fourth-order valence-electron chi connectivity index (χ4n) is 6.01. The molecule has 1 aliphatic heterocycles. The topological polar surface area (TPSA) is 21.8 Å². The van der Waals surface area contributed by atoms with Gasteiger partial charge in [0.15, 0.2) is 0 Å². The molecular weight excluding hydrogens is 372 g/mol. The normalized spacial score (nSPS) is 31.2. The van der Waals surface area contributed by atoms with Crippen molar-refractivity contribution >= 4 is 18.7 Å². The Morgan fingerprint density at radius 2 is 1.28 bits per heavy atom. The molecule has 5 atom stereocenters. The second-order valence-corrected chi connectivity index (χ2v) is 14.6. The van der Waals surface area contributed by atoms with E-state index >= 15 is 0 Å². The SMILES string of the molecule is CC(C)(C)[Si](OCC1[C@H]2CC[C@H]3O[C@H]3CC[C@@H]12)(c1ccccc1)c1ccccc1. The van der Waals surface area contributed by atoms with Crippen molar-refractivity contribution in [1.82, 2.24) is 0 Å². The summed E-state index contributed by atoms with van der Waals surface area (Å²) in [6.45, 7) is 8.04. The van der Waals surface area contributed by atoms with Crippen LogP contribution in [-0.4, -0.2) is 27.1 Å². The number of epoxide rings is 1. The molecule has 3 aliphatic rings. The van der Waals surface area contributed by atoms with Crippen LogP contribution in [0, 0.1) is 17.8 Å². The number of rotatable bonds is 5. The van der Waals surface area contributed by atoms with Crippen LogP contribution >= 0.6 is 0 Å². The quantitative estimate of drug-likeness (QED) is 0.527. The van der Waals surface area contributed by atoms with Gasteiger partial charge in [-0.2, -0.15) is 0 Å². The molecule has 1 heterocycles. The molecule has 5 rings (SSSR count). The molecule has 2 aromatic rings. The highest BCUT2D eigenvalue weighted by molar-refractivity contribution is 6.99. The first kappa shape index (κ1) is 19.5. The van der Waals surface area contributed by atoms with E-state index in [2.05, 4.69) is 81.4 Å². The summed E-state index contributed by atoms with van der Waals surface area (Å²) in [4.78, 5) is 0. The first-order valence-corrected chi connectivity index (χ1v) is 13.3. The zero-order valence-corrected chi connectivity index (χ0v) is 19.0. The van der Waals surface area contributed by atoms with E-state index in [-0.39, 0.29) is 5.04 Å². The van der Waals surface area contributed by atoms with E-state index in [0.717, 1.165) is 24.4 Å². The highest BCUT2D eigenvalue weighted by Crippen LogP contribution is 2.56. The van der Waals surface area contributed by atoms with Crippen molar-refractivity contribution in [3.05, 3.63) is 60.7 Å². The van der Waals surface area contributed by atoms with Gasteiger partial charge in [0.25, 0.3) is 8.32 Å². The van der Waals surface area contributed by atoms with E-state index in [1.807, 2.05) is 0 Å². The summed E-state index contributed by atoms with van der Waals surface area (Å²) >= 11 is 0. The highest BCUT2D eigenvalue weighted by Gasteiger charge is 2.56. The summed E-state index contributed by atoms with van der Waals surface area (Å²) < 4.78 is 13.0. The molecular formula is C26H34O2Si. The molecule has 0 bridgehead atoms. The van der Waals surface area contributed by atoms with Gasteiger partial charge >= 0.3 is 0 Å². The van der Waals surface area contributed by atoms with Gasteiger partial charge in [-0.3, -0.25) is 0 Å². The molecule has 2 nitrogen and oxygen atoms in total. The predicted molar refractivity (Wildman–Crippen MR) is 121 cm³/mol. The molecule has 0 aromatic heterocycles. The first-order chi connectivity index (χ1) is 14.0. The second-order valence-electron chi connectivity index (χ2n) is 10.3. The van der Waals surface area contributed by atoms with Crippen molar-refractivity contribution in [2.24, 2.45) is 17.8 Å². The van der Waals surface area contributed by atoms with Crippen LogP contribution < -0.4 is 10.4 Å². The molecule has 0 spiro atoms. The summed E-state index contributed by atoms with van der Waals surface area (Å²) in [6.07, 6.45) is 6.36. The third kappa shape index (κ3) is 3.52. The Balaban J connectivity index is 1.43. The van der Waals surface area contributed by atoms with Gasteiger partial charge in [0.2, 0.25) is 0 Å². The Bertz CT molecular complexity index is 771. The van der Waals surface area contributed by atoms with Crippen LogP contribution in [0.15, 0.2) is 60.7 Å². The van der Waals surface area contributed by atoms with E-state index < -0.39 is 8.32 Å². The highest BCUT2D eigenvalue weighted by atomic mass is 28.4. The lowest BCUT2D eigenvalue weighted by Gasteiger charge is -2.43. The molecule has 1 saturated heterocycles. The lowest BCUT2D eigenvalue weighted by molar-refractivity contribution is 0.264. The minimum absolute atomic E-state index is 0.0685. The Labute approximate surface area is 176 Å². The third-order valence-electron chi connectivity index (χ3n) is 7.67. The maximum atomic E-state index is 7.21. The lowest BCUT2D eigenvalue weighted by Crippen LogP contribution is -2.66. The summed E-state index contributed by atoms with van der Waals surface area (Å²) in [5, 5.41) is 2.86. The van der Waals surface area contributed by atoms with Gasteiger partial charge in [-0.1, -0.05) is 81.4 Å².